The van der Waals surface area contributed by atoms with E-state index in [0.29, 0.717) is 36.7 Å². The van der Waals surface area contributed by atoms with Crippen LogP contribution in [0.5, 0.6) is 11.5 Å². The molecule has 0 aliphatic heterocycles. The molecule has 1 heterocycles. The number of carbonyl (C=O) groups is 1. The fraction of sp³-hybridized carbons (Fsp3) is 0.391. The van der Waals surface area contributed by atoms with E-state index in [1.807, 2.05) is 47.4 Å². The maximum atomic E-state index is 13.0. The maximum absolute atomic E-state index is 13.0. The summed E-state index contributed by atoms with van der Waals surface area (Å²) >= 11 is 0. The van der Waals surface area contributed by atoms with E-state index in [-0.39, 0.29) is 12.3 Å². The second-order valence-electron chi connectivity index (χ2n) is 6.95. The summed E-state index contributed by atoms with van der Waals surface area (Å²) in [7, 11) is 1.63. The Bertz CT molecular complexity index is 951. The zero-order valence-electron chi connectivity index (χ0n) is 17.3. The Morgan fingerprint density at radius 3 is 2.69 bits per heavy atom. The number of aromatic nitrogens is 1. The molecule has 0 aliphatic rings. The van der Waals surface area contributed by atoms with Gasteiger partial charge in [-0.25, -0.2) is 0 Å². The van der Waals surface area contributed by atoms with Gasteiger partial charge in [0.2, 0.25) is 5.91 Å². The minimum absolute atomic E-state index is 0.0242. The lowest BCUT2D eigenvalue weighted by Gasteiger charge is -2.22. The second-order valence-corrected chi connectivity index (χ2v) is 6.95. The quantitative estimate of drug-likeness (QED) is 0.501. The molecule has 6 heteroatoms. The number of para-hydroxylation sites is 1. The van der Waals surface area contributed by atoms with Crippen molar-refractivity contribution in [3.05, 3.63) is 53.7 Å². The highest BCUT2D eigenvalue weighted by Gasteiger charge is 2.18. The van der Waals surface area contributed by atoms with E-state index in [0.717, 1.165) is 29.5 Å². The summed E-state index contributed by atoms with van der Waals surface area (Å²) < 4.78 is 16.5. The summed E-state index contributed by atoms with van der Waals surface area (Å²) in [4.78, 5) is 14.9. The molecular formula is C23H28N2O4. The lowest BCUT2D eigenvalue weighted by atomic mass is 10.1. The van der Waals surface area contributed by atoms with E-state index in [4.69, 9.17) is 14.0 Å². The van der Waals surface area contributed by atoms with Gasteiger partial charge in [-0.15, -0.1) is 0 Å². The fourth-order valence-corrected chi connectivity index (χ4v) is 3.24. The van der Waals surface area contributed by atoms with E-state index in [9.17, 15) is 4.79 Å². The smallest absolute Gasteiger partial charge is 0.229 e. The Labute approximate surface area is 171 Å². The summed E-state index contributed by atoms with van der Waals surface area (Å²) in [5.74, 6) is 1.43. The van der Waals surface area contributed by atoms with Gasteiger partial charge in [0.15, 0.2) is 17.1 Å². The zero-order valence-corrected chi connectivity index (χ0v) is 17.3. The molecule has 0 fully saturated rings. The molecule has 1 aromatic heterocycles. The highest BCUT2D eigenvalue weighted by molar-refractivity contribution is 5.86. The Hall–Kier alpha value is -3.02. The number of nitrogens with zero attached hydrogens (tertiary/aromatic N) is 2. The molecule has 0 N–H and O–H groups in total. The van der Waals surface area contributed by atoms with Crippen LogP contribution in [-0.2, 0) is 17.8 Å². The number of ether oxygens (including phenoxy) is 2. The van der Waals surface area contributed by atoms with Crippen LogP contribution in [0.3, 0.4) is 0 Å². The summed E-state index contributed by atoms with van der Waals surface area (Å²) in [5, 5.41) is 4.98. The van der Waals surface area contributed by atoms with E-state index in [1.165, 1.54) is 0 Å². The van der Waals surface area contributed by atoms with Crippen LogP contribution >= 0.6 is 0 Å². The molecule has 0 radical (unpaired) electrons. The monoisotopic (exact) mass is 396 g/mol. The van der Waals surface area contributed by atoms with Crippen molar-refractivity contribution in [3.63, 3.8) is 0 Å². The van der Waals surface area contributed by atoms with Crippen molar-refractivity contribution in [2.24, 2.45) is 0 Å². The summed E-state index contributed by atoms with van der Waals surface area (Å²) in [6, 6.07) is 13.4. The lowest BCUT2D eigenvalue weighted by Crippen LogP contribution is -2.32. The van der Waals surface area contributed by atoms with Crippen molar-refractivity contribution in [1.29, 1.82) is 0 Å². The third-order valence-electron chi connectivity index (χ3n) is 4.68. The molecular weight excluding hydrogens is 368 g/mol. The Morgan fingerprint density at radius 1 is 1.10 bits per heavy atom. The van der Waals surface area contributed by atoms with Crippen LogP contribution in [0.25, 0.3) is 11.0 Å². The molecule has 0 bridgehead atoms. The van der Waals surface area contributed by atoms with Crippen molar-refractivity contribution in [3.8, 4) is 11.5 Å². The molecule has 0 saturated heterocycles. The standard InChI is InChI=1S/C23H28N2O4/c1-4-12-25(16-17-10-11-21(28-13-5-2)22(14-17)27-3)23(26)15-19-18-8-6-7-9-20(18)29-24-19/h6-11,14H,4-5,12-13,15-16H2,1-3H3. The number of hydrogen-bond acceptors (Lipinski definition) is 5. The molecule has 154 valence electrons. The molecule has 29 heavy (non-hydrogen) atoms. The topological polar surface area (TPSA) is 64.8 Å². The first-order valence-electron chi connectivity index (χ1n) is 10.1. The minimum Gasteiger partial charge on any atom is -0.493 e. The van der Waals surface area contributed by atoms with Crippen molar-refractivity contribution >= 4 is 16.9 Å². The molecule has 1 amide bonds. The molecule has 3 aromatic rings. The highest BCUT2D eigenvalue weighted by atomic mass is 16.5. The van der Waals surface area contributed by atoms with Crippen LogP contribution in [0.2, 0.25) is 0 Å². The van der Waals surface area contributed by atoms with Gasteiger partial charge in [0, 0.05) is 18.5 Å². The fourth-order valence-electron chi connectivity index (χ4n) is 3.24. The largest absolute Gasteiger partial charge is 0.493 e. The van der Waals surface area contributed by atoms with Crippen LogP contribution in [-0.4, -0.2) is 36.2 Å². The summed E-state index contributed by atoms with van der Waals surface area (Å²) in [6.45, 7) is 5.95. The average Bonchev–Trinajstić information content (AvgIpc) is 3.15. The van der Waals surface area contributed by atoms with Crippen LogP contribution < -0.4 is 9.47 Å². The molecule has 3 rings (SSSR count). The SMILES string of the molecule is CCCOc1ccc(CN(CCC)C(=O)Cc2noc3ccccc23)cc1OC. The Kier molecular flexibility index (Phi) is 7.11. The van der Waals surface area contributed by atoms with E-state index >= 15 is 0 Å². The number of methoxy groups -OCH3 is 1. The van der Waals surface area contributed by atoms with Gasteiger partial charge in [-0.05, 0) is 42.7 Å². The van der Waals surface area contributed by atoms with E-state index in [1.54, 1.807) is 7.11 Å². The molecule has 0 aliphatic carbocycles. The normalized spacial score (nSPS) is 10.9. The lowest BCUT2D eigenvalue weighted by molar-refractivity contribution is -0.131. The first-order chi connectivity index (χ1) is 14.2. The predicted octanol–water partition coefficient (Wildman–Crippen LogP) is 4.61. The number of benzene rings is 2. The molecule has 0 unspecified atom stereocenters. The molecule has 2 aromatic carbocycles. The van der Waals surface area contributed by atoms with Gasteiger partial charge in [0.25, 0.3) is 0 Å². The molecule has 0 spiro atoms. The Morgan fingerprint density at radius 2 is 1.93 bits per heavy atom. The van der Waals surface area contributed by atoms with Gasteiger partial charge in [0.05, 0.1) is 20.1 Å². The van der Waals surface area contributed by atoms with Gasteiger partial charge in [-0.2, -0.15) is 0 Å². The van der Waals surface area contributed by atoms with Crippen molar-refractivity contribution in [2.75, 3.05) is 20.3 Å². The molecule has 0 saturated carbocycles. The van der Waals surface area contributed by atoms with Gasteiger partial charge in [-0.1, -0.05) is 37.2 Å². The van der Waals surface area contributed by atoms with Gasteiger partial charge in [0.1, 0.15) is 5.69 Å². The second kappa shape index (κ2) is 9.96. The van der Waals surface area contributed by atoms with Crippen LogP contribution in [0.15, 0.2) is 47.0 Å². The summed E-state index contributed by atoms with van der Waals surface area (Å²) in [5.41, 5.74) is 2.37. The number of fused-ring (bicyclic) bond motifs is 1. The first kappa shape index (κ1) is 20.7. The van der Waals surface area contributed by atoms with Gasteiger partial charge >= 0.3 is 0 Å². The van der Waals surface area contributed by atoms with Crippen molar-refractivity contribution in [2.45, 2.75) is 39.7 Å². The number of amides is 1. The maximum Gasteiger partial charge on any atom is 0.229 e. The van der Waals surface area contributed by atoms with Crippen LogP contribution in [0.1, 0.15) is 37.9 Å². The number of carbonyl (C=O) groups excluding carboxylic acids is 1. The predicted molar refractivity (Wildman–Crippen MR) is 112 cm³/mol. The van der Waals surface area contributed by atoms with Crippen molar-refractivity contribution < 1.29 is 18.8 Å². The third kappa shape index (κ3) is 5.08. The third-order valence-corrected chi connectivity index (χ3v) is 4.68. The first-order valence-corrected chi connectivity index (χ1v) is 10.1. The van der Waals surface area contributed by atoms with Gasteiger partial charge < -0.3 is 18.9 Å². The van der Waals surface area contributed by atoms with Crippen molar-refractivity contribution in [1.82, 2.24) is 10.1 Å². The summed E-state index contributed by atoms with van der Waals surface area (Å²) in [6.07, 6.45) is 2.02. The minimum atomic E-state index is 0.0242. The van der Waals surface area contributed by atoms with Crippen LogP contribution in [0.4, 0.5) is 0 Å². The Balaban J connectivity index is 1.74. The van der Waals surface area contributed by atoms with Gasteiger partial charge in [-0.3, -0.25) is 4.79 Å². The zero-order chi connectivity index (χ0) is 20.6. The average molecular weight is 396 g/mol. The number of hydrogen-bond donors (Lipinski definition) is 0. The highest BCUT2D eigenvalue weighted by Crippen LogP contribution is 2.29. The molecule has 6 nitrogen and oxygen atoms in total. The molecule has 0 atom stereocenters. The number of rotatable bonds is 10. The van der Waals surface area contributed by atoms with E-state index in [2.05, 4.69) is 19.0 Å². The van der Waals surface area contributed by atoms with Crippen LogP contribution in [0, 0.1) is 0 Å². The van der Waals surface area contributed by atoms with E-state index < -0.39 is 0 Å².